The molecule has 3 rings (SSSR count). The highest BCUT2D eigenvalue weighted by Gasteiger charge is 2.36. The molecule has 2 amide bonds. The van der Waals surface area contributed by atoms with E-state index in [0.29, 0.717) is 21.4 Å². The van der Waals surface area contributed by atoms with Gasteiger partial charge in [-0.25, -0.2) is 4.90 Å². The molecular weight excluding hydrogens is 334 g/mol. The van der Waals surface area contributed by atoms with Crippen molar-refractivity contribution in [2.75, 3.05) is 12.0 Å². The van der Waals surface area contributed by atoms with Crippen molar-refractivity contribution < 1.29 is 14.3 Å². The molecule has 2 aromatic carbocycles. The highest BCUT2D eigenvalue weighted by atomic mass is 35.5. The smallest absolute Gasteiger partial charge is 0.298 e. The van der Waals surface area contributed by atoms with E-state index in [-0.39, 0.29) is 11.1 Å². The van der Waals surface area contributed by atoms with Gasteiger partial charge in [0.15, 0.2) is 0 Å². The molecule has 0 radical (unpaired) electrons. The van der Waals surface area contributed by atoms with Crippen LogP contribution in [0.5, 0.6) is 5.75 Å². The quantitative estimate of drug-likeness (QED) is 0.763. The fourth-order valence-corrected chi connectivity index (χ4v) is 3.12. The summed E-state index contributed by atoms with van der Waals surface area (Å²) < 4.78 is 5.14. The Morgan fingerprint density at radius 1 is 1.13 bits per heavy atom. The van der Waals surface area contributed by atoms with Gasteiger partial charge in [0.25, 0.3) is 11.1 Å². The number of methoxy groups -OCH3 is 1. The van der Waals surface area contributed by atoms with Gasteiger partial charge in [0.1, 0.15) is 5.75 Å². The maximum atomic E-state index is 12.5. The molecule has 1 fully saturated rings. The van der Waals surface area contributed by atoms with Crippen LogP contribution in [0.15, 0.2) is 53.4 Å². The summed E-state index contributed by atoms with van der Waals surface area (Å²) in [5, 5.41) is 0.287. The Morgan fingerprint density at radius 2 is 1.87 bits per heavy atom. The normalized spacial score (nSPS) is 16.3. The van der Waals surface area contributed by atoms with Crippen molar-refractivity contribution in [1.82, 2.24) is 0 Å². The third kappa shape index (κ3) is 3.25. The number of benzene rings is 2. The summed E-state index contributed by atoms with van der Waals surface area (Å²) in [6.45, 7) is 0. The van der Waals surface area contributed by atoms with Crippen LogP contribution in [-0.4, -0.2) is 18.3 Å². The first-order chi connectivity index (χ1) is 11.1. The van der Waals surface area contributed by atoms with Gasteiger partial charge in [-0.1, -0.05) is 29.8 Å². The number of rotatable bonds is 3. The zero-order valence-electron chi connectivity index (χ0n) is 12.2. The average Bonchev–Trinajstić information content (AvgIpc) is 2.83. The van der Waals surface area contributed by atoms with E-state index in [1.165, 1.54) is 7.11 Å². The standard InChI is InChI=1S/C17H12ClNO3S/c1-22-14-4-2-3-13(10-14)19-16(20)15(23-17(19)21)9-11-5-7-12(18)8-6-11/h2-10H,1H3/b15-9-. The van der Waals surface area contributed by atoms with Crippen LogP contribution in [0.1, 0.15) is 5.56 Å². The number of anilines is 1. The minimum atomic E-state index is -0.344. The van der Waals surface area contributed by atoms with Crippen molar-refractivity contribution in [2.45, 2.75) is 0 Å². The first-order valence-electron chi connectivity index (χ1n) is 6.76. The molecule has 4 nitrogen and oxygen atoms in total. The molecule has 0 unspecified atom stereocenters. The Balaban J connectivity index is 1.91. The van der Waals surface area contributed by atoms with E-state index in [0.717, 1.165) is 22.2 Å². The van der Waals surface area contributed by atoms with Gasteiger partial charge in [-0.2, -0.15) is 0 Å². The molecule has 6 heteroatoms. The van der Waals surface area contributed by atoms with Crippen LogP contribution in [0.3, 0.4) is 0 Å². The third-order valence-corrected chi connectivity index (χ3v) is 4.39. The first kappa shape index (κ1) is 15.6. The molecule has 0 N–H and O–H groups in total. The zero-order valence-corrected chi connectivity index (χ0v) is 13.7. The summed E-state index contributed by atoms with van der Waals surface area (Å²) >= 11 is 6.76. The van der Waals surface area contributed by atoms with Crippen molar-refractivity contribution in [3.63, 3.8) is 0 Å². The molecule has 0 atom stereocenters. The second kappa shape index (κ2) is 6.48. The van der Waals surface area contributed by atoms with Gasteiger partial charge in [-0.3, -0.25) is 9.59 Å². The second-order valence-corrected chi connectivity index (χ2v) is 6.20. The lowest BCUT2D eigenvalue weighted by atomic mass is 10.2. The number of amides is 2. The fourth-order valence-electron chi connectivity index (χ4n) is 2.15. The molecule has 0 bridgehead atoms. The van der Waals surface area contributed by atoms with Gasteiger partial charge < -0.3 is 4.74 Å². The molecule has 1 heterocycles. The Hall–Kier alpha value is -2.24. The summed E-state index contributed by atoms with van der Waals surface area (Å²) in [4.78, 5) is 26.3. The van der Waals surface area contributed by atoms with E-state index in [2.05, 4.69) is 0 Å². The van der Waals surface area contributed by atoms with E-state index >= 15 is 0 Å². The number of imide groups is 1. The van der Waals surface area contributed by atoms with E-state index in [1.54, 1.807) is 54.6 Å². The topological polar surface area (TPSA) is 46.6 Å². The molecule has 0 aromatic heterocycles. The minimum absolute atomic E-state index is 0.330. The Morgan fingerprint density at radius 3 is 2.57 bits per heavy atom. The number of carbonyl (C=O) groups is 2. The van der Waals surface area contributed by atoms with Crippen LogP contribution in [-0.2, 0) is 4.79 Å². The Kier molecular flexibility index (Phi) is 4.41. The van der Waals surface area contributed by atoms with Crippen LogP contribution < -0.4 is 9.64 Å². The van der Waals surface area contributed by atoms with Crippen LogP contribution >= 0.6 is 23.4 Å². The summed E-state index contributed by atoms with van der Waals surface area (Å²) in [6, 6.07) is 13.9. The number of hydrogen-bond acceptors (Lipinski definition) is 4. The first-order valence-corrected chi connectivity index (χ1v) is 7.95. The molecule has 0 spiro atoms. The molecule has 1 saturated heterocycles. The molecule has 2 aromatic rings. The SMILES string of the molecule is COc1cccc(N2C(=O)S/C(=C\c3ccc(Cl)cc3)C2=O)c1. The predicted octanol–water partition coefficient (Wildman–Crippen LogP) is 4.59. The molecule has 23 heavy (non-hydrogen) atoms. The minimum Gasteiger partial charge on any atom is -0.497 e. The lowest BCUT2D eigenvalue weighted by Gasteiger charge is -2.13. The van der Waals surface area contributed by atoms with Gasteiger partial charge in [-0.15, -0.1) is 0 Å². The third-order valence-electron chi connectivity index (χ3n) is 3.27. The predicted molar refractivity (Wildman–Crippen MR) is 92.9 cm³/mol. The van der Waals surface area contributed by atoms with E-state index in [9.17, 15) is 9.59 Å². The molecule has 0 aliphatic carbocycles. The van der Waals surface area contributed by atoms with Crippen molar-refractivity contribution in [2.24, 2.45) is 0 Å². The van der Waals surface area contributed by atoms with Gasteiger partial charge in [0.2, 0.25) is 0 Å². The van der Waals surface area contributed by atoms with E-state index < -0.39 is 0 Å². The molecule has 1 aliphatic heterocycles. The zero-order chi connectivity index (χ0) is 16.4. The number of hydrogen-bond donors (Lipinski definition) is 0. The number of carbonyl (C=O) groups excluding carboxylic acids is 2. The number of ether oxygens (including phenoxy) is 1. The van der Waals surface area contributed by atoms with Gasteiger partial charge >= 0.3 is 0 Å². The molecule has 0 saturated carbocycles. The molecule has 116 valence electrons. The van der Waals surface area contributed by atoms with Crippen LogP contribution in [0.2, 0.25) is 5.02 Å². The highest BCUT2D eigenvalue weighted by molar-refractivity contribution is 8.19. The van der Waals surface area contributed by atoms with Crippen LogP contribution in [0.4, 0.5) is 10.5 Å². The van der Waals surface area contributed by atoms with Crippen LogP contribution in [0.25, 0.3) is 6.08 Å². The Labute approximate surface area is 142 Å². The molecule has 1 aliphatic rings. The van der Waals surface area contributed by atoms with Crippen molar-refractivity contribution in [3.8, 4) is 5.75 Å². The number of thioether (sulfide) groups is 1. The molecular formula is C17H12ClNO3S. The van der Waals surface area contributed by atoms with E-state index in [1.807, 2.05) is 0 Å². The maximum absolute atomic E-state index is 12.5. The number of nitrogens with zero attached hydrogens (tertiary/aromatic N) is 1. The van der Waals surface area contributed by atoms with Crippen molar-refractivity contribution in [1.29, 1.82) is 0 Å². The fraction of sp³-hybridized carbons (Fsp3) is 0.0588. The van der Waals surface area contributed by atoms with E-state index in [4.69, 9.17) is 16.3 Å². The summed E-state index contributed by atoms with van der Waals surface area (Å²) in [5.41, 5.74) is 1.30. The summed E-state index contributed by atoms with van der Waals surface area (Å²) in [6.07, 6.45) is 1.68. The average molecular weight is 346 g/mol. The Bertz CT molecular complexity index is 802. The van der Waals surface area contributed by atoms with Crippen molar-refractivity contribution in [3.05, 3.63) is 64.0 Å². The lowest BCUT2D eigenvalue weighted by molar-refractivity contribution is -0.113. The second-order valence-electron chi connectivity index (χ2n) is 4.77. The summed E-state index contributed by atoms with van der Waals surface area (Å²) in [7, 11) is 1.54. The van der Waals surface area contributed by atoms with Gasteiger partial charge in [0, 0.05) is 11.1 Å². The lowest BCUT2D eigenvalue weighted by Crippen LogP contribution is -2.27. The summed E-state index contributed by atoms with van der Waals surface area (Å²) in [5.74, 6) is 0.242. The van der Waals surface area contributed by atoms with Crippen molar-refractivity contribution >= 4 is 46.3 Å². The van der Waals surface area contributed by atoms with Gasteiger partial charge in [0.05, 0.1) is 17.7 Å². The highest BCUT2D eigenvalue weighted by Crippen LogP contribution is 2.36. The monoisotopic (exact) mass is 345 g/mol. The largest absolute Gasteiger partial charge is 0.497 e. The number of halogens is 1. The van der Waals surface area contributed by atoms with Crippen LogP contribution in [0, 0.1) is 0 Å². The maximum Gasteiger partial charge on any atom is 0.298 e. The van der Waals surface area contributed by atoms with Gasteiger partial charge in [-0.05, 0) is 47.7 Å².